The van der Waals surface area contributed by atoms with Crippen molar-refractivity contribution in [3.8, 4) is 0 Å². The number of hydrogen-bond acceptors (Lipinski definition) is 3. The van der Waals surface area contributed by atoms with Crippen LogP contribution in [-0.4, -0.2) is 41.9 Å². The van der Waals surface area contributed by atoms with Gasteiger partial charge in [-0.3, -0.25) is 5.32 Å². The summed E-state index contributed by atoms with van der Waals surface area (Å²) in [5.41, 5.74) is 1.35. The molecule has 3 nitrogen and oxygen atoms in total. The van der Waals surface area contributed by atoms with Crippen molar-refractivity contribution in [1.29, 1.82) is 0 Å². The van der Waals surface area contributed by atoms with Gasteiger partial charge in [0.2, 0.25) is 0 Å². The highest BCUT2D eigenvalue weighted by molar-refractivity contribution is 7.27. The summed E-state index contributed by atoms with van der Waals surface area (Å²) in [6, 6.07) is 9.03. The topological polar surface area (TPSA) is 35.5 Å². The monoisotopic (exact) mass is 364 g/mol. The fraction of sp³-hybridized carbons (Fsp3) is 0.714. The molecule has 4 heteroatoms. The van der Waals surface area contributed by atoms with Crippen molar-refractivity contribution in [2.75, 3.05) is 19.6 Å². The van der Waals surface area contributed by atoms with Crippen LogP contribution in [0.3, 0.4) is 0 Å². The lowest BCUT2D eigenvalue weighted by molar-refractivity contribution is 0.101. The fourth-order valence-corrected chi connectivity index (χ4v) is 3.88. The van der Waals surface area contributed by atoms with Gasteiger partial charge in [-0.25, -0.2) is 0 Å². The smallest absolute Gasteiger partial charge is 0.105 e. The molecule has 1 heterocycles. The predicted octanol–water partition coefficient (Wildman–Crippen LogP) is 3.46. The molecule has 0 amide bonds. The van der Waals surface area contributed by atoms with Gasteiger partial charge in [0.15, 0.2) is 0 Å². The third-order valence-corrected chi connectivity index (χ3v) is 5.53. The number of aliphatic hydroxyl groups is 1. The van der Waals surface area contributed by atoms with Crippen molar-refractivity contribution >= 4 is 14.5 Å². The zero-order valence-corrected chi connectivity index (χ0v) is 17.1. The molecule has 3 atom stereocenters. The lowest BCUT2D eigenvalue weighted by atomic mass is 10.0. The van der Waals surface area contributed by atoms with Crippen molar-refractivity contribution in [3.05, 3.63) is 29.8 Å². The van der Waals surface area contributed by atoms with Crippen LogP contribution in [0.2, 0.25) is 0 Å². The van der Waals surface area contributed by atoms with Crippen molar-refractivity contribution in [2.24, 2.45) is 0 Å². The van der Waals surface area contributed by atoms with Gasteiger partial charge in [-0.2, -0.15) is 0 Å². The second-order valence-electron chi connectivity index (χ2n) is 7.54. The summed E-state index contributed by atoms with van der Waals surface area (Å²) in [5.74, 6) is 0. The molecule has 2 rings (SSSR count). The molecule has 1 aromatic rings. The van der Waals surface area contributed by atoms with E-state index in [2.05, 4.69) is 50.6 Å². The van der Waals surface area contributed by atoms with E-state index in [0.29, 0.717) is 6.04 Å². The Labute approximate surface area is 156 Å². The van der Waals surface area contributed by atoms with Crippen LogP contribution < -0.4 is 10.6 Å². The summed E-state index contributed by atoms with van der Waals surface area (Å²) in [6.45, 7) is 5.68. The molecule has 1 unspecified atom stereocenters. The Morgan fingerprint density at radius 2 is 1.76 bits per heavy atom. The zero-order valence-electron chi connectivity index (χ0n) is 15.9. The van der Waals surface area contributed by atoms with Gasteiger partial charge < -0.3 is 10.0 Å². The Morgan fingerprint density at radius 3 is 2.44 bits per heavy atom. The van der Waals surface area contributed by atoms with Crippen LogP contribution in [0, 0.1) is 0 Å². The first-order valence-corrected chi connectivity index (χ1v) is 10.8. The normalized spacial score (nSPS) is 17.7. The lowest BCUT2D eigenvalue weighted by Crippen LogP contribution is -2.46. The fourth-order valence-electron chi connectivity index (χ4n) is 3.69. The molecule has 25 heavy (non-hydrogen) atoms. The second-order valence-corrected chi connectivity index (χ2v) is 8.20. The molecule has 0 bridgehead atoms. The van der Waals surface area contributed by atoms with Crippen LogP contribution >= 0.6 is 9.24 Å². The van der Waals surface area contributed by atoms with E-state index >= 15 is 0 Å². The quantitative estimate of drug-likeness (QED) is 0.339. The molecular weight excluding hydrogens is 327 g/mol. The van der Waals surface area contributed by atoms with E-state index < -0.39 is 0 Å². The number of likely N-dealkylation sites (tertiary alicyclic amines) is 1. The standard InChI is InChI=1S/C21H37N2OP/c1-2-3-4-5-6-9-21(24)22-19(17-23-14-7-8-15-23)16-18-10-12-20(25)13-11-18/h10-13,19,21-22,24H,2-9,14-17,25H2,1H3/t19-,21+/m0/s1. The molecule has 1 aromatic carbocycles. The Balaban J connectivity index is 1.81. The molecule has 1 aliphatic rings. The minimum Gasteiger partial charge on any atom is -0.379 e. The lowest BCUT2D eigenvalue weighted by Gasteiger charge is -2.27. The highest BCUT2D eigenvalue weighted by Crippen LogP contribution is 2.12. The van der Waals surface area contributed by atoms with E-state index in [1.54, 1.807) is 0 Å². The number of nitrogens with zero attached hydrogens (tertiary/aromatic N) is 1. The van der Waals surface area contributed by atoms with E-state index in [4.69, 9.17) is 0 Å². The van der Waals surface area contributed by atoms with Crippen molar-refractivity contribution in [2.45, 2.75) is 77.0 Å². The minimum atomic E-state index is -0.379. The average molecular weight is 365 g/mol. The van der Waals surface area contributed by atoms with E-state index in [1.165, 1.54) is 62.5 Å². The van der Waals surface area contributed by atoms with Gasteiger partial charge >= 0.3 is 0 Å². The molecule has 0 saturated carbocycles. The summed E-state index contributed by atoms with van der Waals surface area (Å²) in [5, 5.41) is 15.2. The molecule has 1 saturated heterocycles. The Morgan fingerprint density at radius 1 is 1.08 bits per heavy atom. The molecule has 0 aromatic heterocycles. The van der Waals surface area contributed by atoms with Gasteiger partial charge in [-0.05, 0) is 56.1 Å². The minimum absolute atomic E-state index is 0.319. The summed E-state index contributed by atoms with van der Waals surface area (Å²) < 4.78 is 0. The summed E-state index contributed by atoms with van der Waals surface area (Å²) >= 11 is 0. The van der Waals surface area contributed by atoms with Gasteiger partial charge in [0.05, 0.1) is 0 Å². The molecular formula is C21H37N2OP. The van der Waals surface area contributed by atoms with E-state index in [-0.39, 0.29) is 6.23 Å². The molecule has 1 aliphatic heterocycles. The van der Waals surface area contributed by atoms with Crippen LogP contribution in [0.1, 0.15) is 63.9 Å². The van der Waals surface area contributed by atoms with Gasteiger partial charge in [0.25, 0.3) is 0 Å². The van der Waals surface area contributed by atoms with Gasteiger partial charge in [0.1, 0.15) is 6.23 Å². The van der Waals surface area contributed by atoms with Crippen LogP contribution in [0.25, 0.3) is 0 Å². The molecule has 142 valence electrons. The summed E-state index contributed by atoms with van der Waals surface area (Å²) in [4.78, 5) is 2.54. The highest BCUT2D eigenvalue weighted by Gasteiger charge is 2.20. The van der Waals surface area contributed by atoms with E-state index in [9.17, 15) is 5.11 Å². The van der Waals surface area contributed by atoms with Gasteiger partial charge in [-0.15, -0.1) is 9.24 Å². The third kappa shape index (κ3) is 8.64. The van der Waals surface area contributed by atoms with Gasteiger partial charge in [0, 0.05) is 12.6 Å². The number of hydrogen-bond donors (Lipinski definition) is 2. The number of aliphatic hydroxyl groups excluding tert-OH is 1. The number of rotatable bonds is 12. The van der Waals surface area contributed by atoms with Crippen molar-refractivity contribution < 1.29 is 5.11 Å². The van der Waals surface area contributed by atoms with Crippen LogP contribution in [0.4, 0.5) is 0 Å². The predicted molar refractivity (Wildman–Crippen MR) is 111 cm³/mol. The Kier molecular flexibility index (Phi) is 10.0. The molecule has 1 fully saturated rings. The maximum Gasteiger partial charge on any atom is 0.105 e. The molecule has 0 radical (unpaired) electrons. The van der Waals surface area contributed by atoms with Crippen LogP contribution in [0.15, 0.2) is 24.3 Å². The molecule has 2 N–H and O–H groups in total. The van der Waals surface area contributed by atoms with E-state index in [1.807, 2.05) is 0 Å². The van der Waals surface area contributed by atoms with Gasteiger partial charge in [-0.1, -0.05) is 56.9 Å². The third-order valence-electron chi connectivity index (χ3n) is 5.15. The number of unbranched alkanes of at least 4 members (excludes halogenated alkanes) is 4. The van der Waals surface area contributed by atoms with Crippen LogP contribution in [0.5, 0.6) is 0 Å². The second kappa shape index (κ2) is 12.0. The summed E-state index contributed by atoms with van der Waals surface area (Å²) in [7, 11) is 2.74. The van der Waals surface area contributed by atoms with Crippen LogP contribution in [-0.2, 0) is 6.42 Å². The first kappa shape index (κ1) is 20.8. The maximum absolute atomic E-state index is 10.4. The molecule has 0 aliphatic carbocycles. The Bertz CT molecular complexity index is 459. The average Bonchev–Trinajstić information content (AvgIpc) is 3.09. The highest BCUT2D eigenvalue weighted by atomic mass is 31.0. The van der Waals surface area contributed by atoms with Crippen molar-refractivity contribution in [3.63, 3.8) is 0 Å². The maximum atomic E-state index is 10.4. The SMILES string of the molecule is CCCCCCC[C@@H](O)N[C@@H](Cc1ccc(P)cc1)CN1CCCC1. The van der Waals surface area contributed by atoms with E-state index in [0.717, 1.165) is 25.8 Å². The first-order chi connectivity index (χ1) is 12.2. The Hall–Kier alpha value is -0.470. The zero-order chi connectivity index (χ0) is 17.9. The van der Waals surface area contributed by atoms with Crippen molar-refractivity contribution in [1.82, 2.24) is 10.2 Å². The molecule has 0 spiro atoms. The summed E-state index contributed by atoms with van der Waals surface area (Å²) in [6.07, 6.45) is 10.3. The number of benzene rings is 1. The largest absolute Gasteiger partial charge is 0.379 e. The first-order valence-electron chi connectivity index (χ1n) is 10.2. The number of nitrogens with one attached hydrogen (secondary N) is 1.